The van der Waals surface area contributed by atoms with Crippen molar-refractivity contribution in [3.05, 3.63) is 39.2 Å². The van der Waals surface area contributed by atoms with Crippen LogP contribution in [0.15, 0.2) is 12.1 Å². The number of nitro benzene ring substituents is 1. The number of carbonyl (C=O) groups is 1. The zero-order valence-corrected chi connectivity index (χ0v) is 8.06. The van der Waals surface area contributed by atoms with E-state index in [1.54, 1.807) is 0 Å². The summed E-state index contributed by atoms with van der Waals surface area (Å²) in [6, 6.07) is 3.13. The molecule has 0 atom stereocenters. The third kappa shape index (κ3) is 1.81. The predicted octanol–water partition coefficient (Wildman–Crippen LogP) is 1.39. The number of benzene rings is 1. The zero-order chi connectivity index (χ0) is 12.3. The van der Waals surface area contributed by atoms with E-state index in [1.165, 1.54) is 6.07 Å². The van der Waals surface area contributed by atoms with Gasteiger partial charge in [-0.25, -0.2) is 9.18 Å². The monoisotopic (exact) mass is 224 g/mol. The molecule has 0 spiro atoms. The van der Waals surface area contributed by atoms with Gasteiger partial charge in [0, 0.05) is 6.07 Å². The number of carbonyl (C=O) groups excluding carboxylic acids is 1. The summed E-state index contributed by atoms with van der Waals surface area (Å²) in [4.78, 5) is 20.6. The fraction of sp³-hybridized carbons (Fsp3) is 0.111. The second-order valence-corrected chi connectivity index (χ2v) is 2.68. The molecule has 0 saturated carbocycles. The van der Waals surface area contributed by atoms with Crippen LogP contribution in [0.3, 0.4) is 0 Å². The molecule has 0 heterocycles. The van der Waals surface area contributed by atoms with Gasteiger partial charge < -0.3 is 4.74 Å². The quantitative estimate of drug-likeness (QED) is 0.430. The van der Waals surface area contributed by atoms with Crippen LogP contribution in [0.25, 0.3) is 0 Å². The summed E-state index contributed by atoms with van der Waals surface area (Å²) in [5.41, 5.74) is -1.98. The fourth-order valence-corrected chi connectivity index (χ4v) is 1.09. The van der Waals surface area contributed by atoms with E-state index in [-0.39, 0.29) is 0 Å². The maximum Gasteiger partial charge on any atom is 0.340 e. The first kappa shape index (κ1) is 11.6. The maximum absolute atomic E-state index is 13.5. The van der Waals surface area contributed by atoms with Gasteiger partial charge in [-0.15, -0.1) is 0 Å². The van der Waals surface area contributed by atoms with Gasteiger partial charge in [-0.05, 0) is 6.07 Å². The number of ether oxygens (including phenoxy) is 1. The normalized spacial score (nSPS) is 9.31. The van der Waals surface area contributed by atoms with E-state index in [0.29, 0.717) is 0 Å². The SMILES string of the molecule is COC(=O)c1ccc([N+](=O)[O-])c(C#N)c1F. The first-order valence-corrected chi connectivity index (χ1v) is 3.98. The molecule has 1 aromatic rings. The lowest BCUT2D eigenvalue weighted by molar-refractivity contribution is -0.385. The number of hydrogen-bond acceptors (Lipinski definition) is 5. The van der Waals surface area contributed by atoms with Crippen LogP contribution >= 0.6 is 0 Å². The maximum atomic E-state index is 13.5. The zero-order valence-electron chi connectivity index (χ0n) is 8.06. The summed E-state index contributed by atoms with van der Waals surface area (Å²) < 4.78 is 17.8. The third-order valence-corrected chi connectivity index (χ3v) is 1.83. The predicted molar refractivity (Wildman–Crippen MR) is 49.1 cm³/mol. The van der Waals surface area contributed by atoms with Crippen LogP contribution in [0.2, 0.25) is 0 Å². The van der Waals surface area contributed by atoms with E-state index in [4.69, 9.17) is 5.26 Å². The van der Waals surface area contributed by atoms with Crippen LogP contribution in [0, 0.1) is 27.3 Å². The minimum atomic E-state index is -1.25. The highest BCUT2D eigenvalue weighted by molar-refractivity contribution is 5.90. The topological polar surface area (TPSA) is 93.2 Å². The molecule has 0 unspecified atom stereocenters. The van der Waals surface area contributed by atoms with Gasteiger partial charge in [-0.1, -0.05) is 0 Å². The highest BCUT2D eigenvalue weighted by Crippen LogP contribution is 2.23. The summed E-state index contributed by atoms with van der Waals surface area (Å²) >= 11 is 0. The van der Waals surface area contributed by atoms with Gasteiger partial charge in [0.05, 0.1) is 17.6 Å². The molecule has 1 aromatic carbocycles. The van der Waals surface area contributed by atoms with Crippen LogP contribution in [0.5, 0.6) is 0 Å². The Morgan fingerprint density at radius 1 is 1.62 bits per heavy atom. The van der Waals surface area contributed by atoms with Gasteiger partial charge in [-0.2, -0.15) is 5.26 Å². The Kier molecular flexibility index (Phi) is 3.15. The van der Waals surface area contributed by atoms with Gasteiger partial charge in [0.2, 0.25) is 0 Å². The second-order valence-electron chi connectivity index (χ2n) is 2.68. The average Bonchev–Trinajstić information content (AvgIpc) is 2.27. The van der Waals surface area contributed by atoms with Crippen molar-refractivity contribution in [1.82, 2.24) is 0 Å². The van der Waals surface area contributed by atoms with Crippen molar-refractivity contribution in [2.45, 2.75) is 0 Å². The van der Waals surface area contributed by atoms with Crippen LogP contribution < -0.4 is 0 Å². The van der Waals surface area contributed by atoms with Crippen molar-refractivity contribution in [1.29, 1.82) is 5.26 Å². The lowest BCUT2D eigenvalue weighted by Gasteiger charge is -2.02. The molecule has 1 rings (SSSR count). The lowest BCUT2D eigenvalue weighted by atomic mass is 10.1. The van der Waals surface area contributed by atoms with Gasteiger partial charge in [-0.3, -0.25) is 10.1 Å². The van der Waals surface area contributed by atoms with Crippen molar-refractivity contribution in [2.24, 2.45) is 0 Å². The molecule has 0 aliphatic heterocycles. The minimum Gasteiger partial charge on any atom is -0.465 e. The summed E-state index contributed by atoms with van der Waals surface area (Å²) in [5.74, 6) is -2.24. The number of hydrogen-bond donors (Lipinski definition) is 0. The largest absolute Gasteiger partial charge is 0.465 e. The van der Waals surface area contributed by atoms with Crippen LogP contribution in [0.1, 0.15) is 15.9 Å². The number of nitro groups is 1. The summed E-state index contributed by atoms with van der Waals surface area (Å²) in [6.45, 7) is 0. The fourth-order valence-electron chi connectivity index (χ4n) is 1.09. The molecule has 0 aromatic heterocycles. The van der Waals surface area contributed by atoms with Gasteiger partial charge in [0.15, 0.2) is 11.4 Å². The highest BCUT2D eigenvalue weighted by Gasteiger charge is 2.24. The van der Waals surface area contributed by atoms with E-state index in [9.17, 15) is 19.3 Å². The molecule has 0 amide bonds. The number of esters is 1. The Morgan fingerprint density at radius 3 is 2.69 bits per heavy atom. The molecule has 0 aliphatic rings. The lowest BCUT2D eigenvalue weighted by Crippen LogP contribution is -2.07. The standard InChI is InChI=1S/C9H5FN2O4/c1-16-9(13)5-2-3-7(12(14)15)6(4-11)8(5)10/h2-3H,1H3. The van der Waals surface area contributed by atoms with Crippen molar-refractivity contribution >= 4 is 11.7 Å². The molecule has 0 N–H and O–H groups in total. The summed E-state index contributed by atoms with van der Waals surface area (Å²) in [7, 11) is 1.04. The van der Waals surface area contributed by atoms with E-state index in [2.05, 4.69) is 4.74 Å². The smallest absolute Gasteiger partial charge is 0.340 e. The van der Waals surface area contributed by atoms with Gasteiger partial charge in [0.1, 0.15) is 6.07 Å². The first-order chi connectivity index (χ1) is 7.52. The number of nitrogens with zero attached hydrogens (tertiary/aromatic N) is 2. The molecule has 16 heavy (non-hydrogen) atoms. The number of nitriles is 1. The van der Waals surface area contributed by atoms with Gasteiger partial charge >= 0.3 is 5.97 Å². The van der Waals surface area contributed by atoms with E-state index < -0.39 is 33.5 Å². The Bertz CT molecular complexity index is 507. The Balaban J connectivity index is 3.48. The second kappa shape index (κ2) is 4.35. The van der Waals surface area contributed by atoms with Crippen LogP contribution in [-0.4, -0.2) is 18.0 Å². The average molecular weight is 224 g/mol. The molecule has 0 aliphatic carbocycles. The Labute approximate surface area is 89.0 Å². The van der Waals surface area contributed by atoms with Gasteiger partial charge in [0.25, 0.3) is 5.69 Å². The molecule has 6 nitrogen and oxygen atoms in total. The summed E-state index contributed by atoms with van der Waals surface area (Å²) in [5, 5.41) is 19.0. The minimum absolute atomic E-state index is 0.510. The van der Waals surface area contributed by atoms with Crippen molar-refractivity contribution < 1.29 is 18.8 Å². The molecular formula is C9H5FN2O4. The molecule has 0 bridgehead atoms. The third-order valence-electron chi connectivity index (χ3n) is 1.83. The molecular weight excluding hydrogens is 219 g/mol. The molecule has 7 heteroatoms. The van der Waals surface area contributed by atoms with E-state index in [1.807, 2.05) is 0 Å². The van der Waals surface area contributed by atoms with Crippen LogP contribution in [0.4, 0.5) is 10.1 Å². The molecule has 0 saturated heterocycles. The highest BCUT2D eigenvalue weighted by atomic mass is 19.1. The molecule has 0 fully saturated rings. The first-order valence-electron chi connectivity index (χ1n) is 3.98. The molecule has 0 radical (unpaired) electrons. The Morgan fingerprint density at radius 2 is 2.25 bits per heavy atom. The number of methoxy groups -OCH3 is 1. The van der Waals surface area contributed by atoms with Crippen LogP contribution in [-0.2, 0) is 4.74 Å². The Hall–Kier alpha value is -2.49. The summed E-state index contributed by atoms with van der Waals surface area (Å²) in [6.07, 6.45) is 0. The molecule has 82 valence electrons. The van der Waals surface area contributed by atoms with Crippen molar-refractivity contribution in [3.8, 4) is 6.07 Å². The van der Waals surface area contributed by atoms with E-state index in [0.717, 1.165) is 19.2 Å². The van der Waals surface area contributed by atoms with Crippen molar-refractivity contribution in [2.75, 3.05) is 7.11 Å². The van der Waals surface area contributed by atoms with E-state index >= 15 is 0 Å². The van der Waals surface area contributed by atoms with Crippen molar-refractivity contribution in [3.63, 3.8) is 0 Å². The number of rotatable bonds is 2. The number of halogens is 1.